The fourth-order valence-electron chi connectivity index (χ4n) is 2.28. The standard InChI is InChI=1S/C15H13ClN2O2S/c1-10(16)11-6-2-4-8-13(11)17-15-12-7-3-5-9-14(12)21(19,20)18-15/h2-10H,1H3,(H,17,18). The highest BCUT2D eigenvalue weighted by atomic mass is 35.5. The molecule has 21 heavy (non-hydrogen) atoms. The van der Waals surface area contributed by atoms with Crippen LogP contribution in [0.25, 0.3) is 0 Å². The number of rotatable bonds is 2. The van der Waals surface area contributed by atoms with Crippen LogP contribution >= 0.6 is 11.6 Å². The van der Waals surface area contributed by atoms with E-state index in [2.05, 4.69) is 9.71 Å². The van der Waals surface area contributed by atoms with Gasteiger partial charge in [0.1, 0.15) is 4.90 Å². The van der Waals surface area contributed by atoms with Crippen molar-refractivity contribution >= 4 is 33.1 Å². The van der Waals surface area contributed by atoms with E-state index in [0.29, 0.717) is 11.4 Å². The van der Waals surface area contributed by atoms with Crippen LogP contribution in [0.4, 0.5) is 5.69 Å². The number of alkyl halides is 1. The van der Waals surface area contributed by atoms with Crippen LogP contribution in [0, 0.1) is 0 Å². The largest absolute Gasteiger partial charge is 0.339 e. The van der Waals surface area contributed by atoms with E-state index in [-0.39, 0.29) is 10.3 Å². The van der Waals surface area contributed by atoms with E-state index in [0.717, 1.165) is 11.3 Å². The summed E-state index contributed by atoms with van der Waals surface area (Å²) in [6, 6.07) is 14.3. The Morgan fingerprint density at radius 3 is 2.52 bits per heavy atom. The van der Waals surface area contributed by atoms with E-state index >= 15 is 0 Å². The Labute approximate surface area is 128 Å². The van der Waals surface area contributed by atoms with Crippen molar-refractivity contribution < 1.29 is 8.42 Å². The molecule has 108 valence electrons. The molecule has 1 heterocycles. The van der Waals surface area contributed by atoms with E-state index in [1.165, 1.54) is 0 Å². The van der Waals surface area contributed by atoms with E-state index in [4.69, 9.17) is 11.6 Å². The number of nitrogens with one attached hydrogen (secondary N) is 1. The molecule has 1 aliphatic rings. The molecule has 0 fully saturated rings. The van der Waals surface area contributed by atoms with Crippen LogP contribution in [0.2, 0.25) is 0 Å². The van der Waals surface area contributed by atoms with Gasteiger partial charge in [-0.25, -0.2) is 0 Å². The van der Waals surface area contributed by atoms with Crippen LogP contribution in [-0.2, 0) is 10.0 Å². The van der Waals surface area contributed by atoms with Crippen LogP contribution < -0.4 is 5.32 Å². The first-order chi connectivity index (χ1) is 9.99. The number of hydrogen-bond acceptors (Lipinski definition) is 3. The predicted octanol–water partition coefficient (Wildman–Crippen LogP) is 3.55. The monoisotopic (exact) mass is 320 g/mol. The third kappa shape index (κ3) is 2.54. The summed E-state index contributed by atoms with van der Waals surface area (Å²) in [5.41, 5.74) is 2.23. The Hall–Kier alpha value is -1.85. The molecule has 0 amide bonds. The number of hydrogen-bond donors (Lipinski definition) is 1. The van der Waals surface area contributed by atoms with Crippen molar-refractivity contribution in [1.82, 2.24) is 0 Å². The van der Waals surface area contributed by atoms with Crippen LogP contribution in [0.3, 0.4) is 0 Å². The summed E-state index contributed by atoms with van der Waals surface area (Å²) in [5.74, 6) is 0.329. The van der Waals surface area contributed by atoms with Crippen molar-refractivity contribution in [3.05, 3.63) is 59.7 Å². The summed E-state index contributed by atoms with van der Waals surface area (Å²) < 4.78 is 27.9. The molecular weight excluding hydrogens is 308 g/mol. The second kappa shape index (κ2) is 5.16. The highest BCUT2D eigenvalue weighted by Crippen LogP contribution is 2.30. The van der Waals surface area contributed by atoms with Gasteiger partial charge < -0.3 is 5.32 Å². The lowest BCUT2D eigenvalue weighted by molar-refractivity contribution is 0.599. The van der Waals surface area contributed by atoms with Gasteiger partial charge in [0, 0.05) is 11.3 Å². The van der Waals surface area contributed by atoms with Gasteiger partial charge in [-0.2, -0.15) is 8.42 Å². The molecular formula is C15H13ClN2O2S. The molecule has 0 aliphatic carbocycles. The van der Waals surface area contributed by atoms with Gasteiger partial charge in [0.2, 0.25) is 0 Å². The molecule has 2 aromatic carbocycles. The maximum absolute atomic E-state index is 12.0. The Balaban J connectivity index is 2.05. The van der Waals surface area contributed by atoms with Gasteiger partial charge in [-0.3, -0.25) is 0 Å². The molecule has 6 heteroatoms. The predicted molar refractivity (Wildman–Crippen MR) is 84.5 cm³/mol. The SMILES string of the molecule is CC(Cl)c1ccccc1NC1=NS(=O)(=O)c2ccccc21. The van der Waals surface area contributed by atoms with Gasteiger partial charge in [0.15, 0.2) is 5.84 Å². The van der Waals surface area contributed by atoms with Crippen molar-refractivity contribution in [2.24, 2.45) is 4.40 Å². The average molecular weight is 321 g/mol. The number of sulfonamides is 1. The molecule has 1 atom stereocenters. The van der Waals surface area contributed by atoms with Gasteiger partial charge in [-0.05, 0) is 30.7 Å². The topological polar surface area (TPSA) is 58.5 Å². The zero-order valence-corrected chi connectivity index (χ0v) is 12.8. The molecule has 0 radical (unpaired) electrons. The van der Waals surface area contributed by atoms with Crippen molar-refractivity contribution in [3.63, 3.8) is 0 Å². The third-order valence-electron chi connectivity index (χ3n) is 3.27. The summed E-state index contributed by atoms with van der Waals surface area (Å²) in [6.07, 6.45) is 0. The second-order valence-electron chi connectivity index (χ2n) is 4.74. The van der Waals surface area contributed by atoms with E-state index in [1.807, 2.05) is 31.2 Å². The maximum atomic E-state index is 12.0. The number of para-hydroxylation sites is 1. The summed E-state index contributed by atoms with van der Waals surface area (Å²) in [7, 11) is -3.62. The maximum Gasteiger partial charge on any atom is 0.285 e. The molecule has 0 aromatic heterocycles. The first kappa shape index (κ1) is 14.1. The van der Waals surface area contributed by atoms with Crippen LogP contribution in [0.1, 0.15) is 23.4 Å². The number of nitrogens with zero attached hydrogens (tertiary/aromatic N) is 1. The van der Waals surface area contributed by atoms with Crippen molar-refractivity contribution in [1.29, 1.82) is 0 Å². The minimum Gasteiger partial charge on any atom is -0.339 e. The molecule has 1 unspecified atom stereocenters. The minimum absolute atomic E-state index is 0.192. The molecule has 4 nitrogen and oxygen atoms in total. The molecule has 1 N–H and O–H groups in total. The fraction of sp³-hybridized carbons (Fsp3) is 0.133. The Bertz CT molecular complexity index is 829. The lowest BCUT2D eigenvalue weighted by atomic mass is 10.1. The molecule has 0 saturated heterocycles. The highest BCUT2D eigenvalue weighted by molar-refractivity contribution is 7.90. The smallest absolute Gasteiger partial charge is 0.285 e. The lowest BCUT2D eigenvalue weighted by Gasteiger charge is -2.13. The molecule has 3 rings (SSSR count). The normalized spacial score (nSPS) is 17.0. The summed E-state index contributed by atoms with van der Waals surface area (Å²) in [6.45, 7) is 1.86. The number of benzene rings is 2. The quantitative estimate of drug-likeness (QED) is 0.861. The van der Waals surface area contributed by atoms with Gasteiger partial charge in [0.05, 0.1) is 5.38 Å². The van der Waals surface area contributed by atoms with Gasteiger partial charge in [0.25, 0.3) is 10.0 Å². The van der Waals surface area contributed by atoms with Gasteiger partial charge >= 0.3 is 0 Å². The number of anilines is 1. The zero-order chi connectivity index (χ0) is 15.0. The Morgan fingerprint density at radius 2 is 1.76 bits per heavy atom. The summed E-state index contributed by atoms with van der Waals surface area (Å²) >= 11 is 6.15. The van der Waals surface area contributed by atoms with Gasteiger partial charge in [-0.15, -0.1) is 16.0 Å². The van der Waals surface area contributed by atoms with E-state index in [1.54, 1.807) is 24.3 Å². The average Bonchev–Trinajstić information content (AvgIpc) is 2.71. The third-order valence-corrected chi connectivity index (χ3v) is 4.84. The Morgan fingerprint density at radius 1 is 1.10 bits per heavy atom. The Kier molecular flexibility index (Phi) is 3.47. The summed E-state index contributed by atoms with van der Waals surface area (Å²) in [5, 5.41) is 2.90. The van der Waals surface area contributed by atoms with E-state index < -0.39 is 10.0 Å². The van der Waals surface area contributed by atoms with Crippen molar-refractivity contribution in [2.45, 2.75) is 17.2 Å². The molecule has 0 spiro atoms. The highest BCUT2D eigenvalue weighted by Gasteiger charge is 2.28. The zero-order valence-electron chi connectivity index (χ0n) is 11.2. The van der Waals surface area contributed by atoms with E-state index in [9.17, 15) is 8.42 Å². The summed E-state index contributed by atoms with van der Waals surface area (Å²) in [4.78, 5) is 0.226. The number of amidine groups is 1. The van der Waals surface area contributed by atoms with Crippen LogP contribution in [0.15, 0.2) is 57.8 Å². The first-order valence-electron chi connectivity index (χ1n) is 6.43. The van der Waals surface area contributed by atoms with Crippen molar-refractivity contribution in [2.75, 3.05) is 5.32 Å². The van der Waals surface area contributed by atoms with Gasteiger partial charge in [-0.1, -0.05) is 30.3 Å². The second-order valence-corrected chi connectivity index (χ2v) is 6.97. The molecule has 1 aliphatic heterocycles. The number of halogens is 1. The molecule has 0 bridgehead atoms. The molecule has 0 saturated carbocycles. The number of fused-ring (bicyclic) bond motifs is 1. The van der Waals surface area contributed by atoms with Crippen LogP contribution in [0.5, 0.6) is 0 Å². The van der Waals surface area contributed by atoms with Crippen molar-refractivity contribution in [3.8, 4) is 0 Å². The first-order valence-corrected chi connectivity index (χ1v) is 8.31. The fourth-order valence-corrected chi connectivity index (χ4v) is 3.65. The minimum atomic E-state index is -3.62. The van der Waals surface area contributed by atoms with Crippen LogP contribution in [-0.4, -0.2) is 14.3 Å². The molecule has 2 aromatic rings. The lowest BCUT2D eigenvalue weighted by Crippen LogP contribution is -2.13.